The highest BCUT2D eigenvalue weighted by Gasteiger charge is 2.32. The number of H-pyrrole nitrogens is 1. The number of aromatic nitrogens is 3. The van der Waals surface area contributed by atoms with Crippen LogP contribution < -0.4 is 0 Å². The quantitative estimate of drug-likeness (QED) is 0.718. The first-order valence-corrected chi connectivity index (χ1v) is 11.0. The lowest BCUT2D eigenvalue weighted by atomic mass is 9.95. The SMILES string of the molecule is Cc1cccc(Cc2cccc([C@@H]3CCCN(S(=O)(=O)c4cn[nH]c4)C3)n2)c1. The van der Waals surface area contributed by atoms with Crippen LogP contribution in [0, 0.1) is 6.92 Å². The van der Waals surface area contributed by atoms with Gasteiger partial charge in [0.15, 0.2) is 0 Å². The van der Waals surface area contributed by atoms with Crippen molar-refractivity contribution in [2.45, 2.75) is 37.0 Å². The number of nitrogens with zero attached hydrogens (tertiary/aromatic N) is 3. The Morgan fingerprint density at radius 2 is 2.07 bits per heavy atom. The fourth-order valence-electron chi connectivity index (χ4n) is 3.79. The Morgan fingerprint density at radius 3 is 2.86 bits per heavy atom. The van der Waals surface area contributed by atoms with Crippen LogP contribution in [0.1, 0.15) is 41.3 Å². The molecule has 28 heavy (non-hydrogen) atoms. The molecule has 0 saturated carbocycles. The highest BCUT2D eigenvalue weighted by Crippen LogP contribution is 2.29. The predicted octanol–water partition coefficient (Wildman–Crippen LogP) is 3.27. The van der Waals surface area contributed by atoms with E-state index in [1.165, 1.54) is 23.5 Å². The largest absolute Gasteiger partial charge is 0.284 e. The number of aromatic amines is 1. The van der Waals surface area contributed by atoms with E-state index in [1.54, 1.807) is 4.31 Å². The number of rotatable bonds is 5. The molecule has 1 saturated heterocycles. The van der Waals surface area contributed by atoms with Gasteiger partial charge in [0.05, 0.1) is 6.20 Å². The maximum Gasteiger partial charge on any atom is 0.246 e. The van der Waals surface area contributed by atoms with Gasteiger partial charge < -0.3 is 0 Å². The molecule has 0 amide bonds. The molecule has 0 aliphatic carbocycles. The van der Waals surface area contributed by atoms with Gasteiger partial charge in [-0.25, -0.2) is 8.42 Å². The van der Waals surface area contributed by atoms with E-state index in [4.69, 9.17) is 4.98 Å². The summed E-state index contributed by atoms with van der Waals surface area (Å²) in [5.41, 5.74) is 4.45. The van der Waals surface area contributed by atoms with Gasteiger partial charge in [0.2, 0.25) is 10.0 Å². The normalized spacial score (nSPS) is 18.2. The summed E-state index contributed by atoms with van der Waals surface area (Å²) in [7, 11) is -3.51. The van der Waals surface area contributed by atoms with Gasteiger partial charge in [0.25, 0.3) is 0 Å². The molecular formula is C21H24N4O2S. The average Bonchev–Trinajstić information content (AvgIpc) is 3.24. The molecule has 1 atom stereocenters. The van der Waals surface area contributed by atoms with Crippen LogP contribution in [-0.2, 0) is 16.4 Å². The summed E-state index contributed by atoms with van der Waals surface area (Å²) < 4.78 is 27.2. The second-order valence-electron chi connectivity index (χ2n) is 7.36. The highest BCUT2D eigenvalue weighted by molar-refractivity contribution is 7.89. The molecule has 1 aliphatic rings. The second kappa shape index (κ2) is 7.85. The Morgan fingerprint density at radius 1 is 1.21 bits per heavy atom. The van der Waals surface area contributed by atoms with Crippen LogP contribution in [0.2, 0.25) is 0 Å². The van der Waals surface area contributed by atoms with Crippen LogP contribution in [0.25, 0.3) is 0 Å². The lowest BCUT2D eigenvalue weighted by molar-refractivity contribution is 0.312. The van der Waals surface area contributed by atoms with Crippen molar-refractivity contribution >= 4 is 10.0 Å². The number of hydrogen-bond donors (Lipinski definition) is 1. The molecule has 1 fully saturated rings. The molecule has 2 aromatic heterocycles. The third-order valence-electron chi connectivity index (χ3n) is 5.21. The average molecular weight is 397 g/mol. The Kier molecular flexibility index (Phi) is 5.28. The van der Waals surface area contributed by atoms with Crippen molar-refractivity contribution < 1.29 is 8.42 Å². The number of benzene rings is 1. The maximum absolute atomic E-state index is 12.8. The minimum Gasteiger partial charge on any atom is -0.284 e. The fourth-order valence-corrected chi connectivity index (χ4v) is 5.22. The molecule has 6 nitrogen and oxygen atoms in total. The minimum absolute atomic E-state index is 0.105. The van der Waals surface area contributed by atoms with Crippen molar-refractivity contribution in [2.24, 2.45) is 0 Å². The highest BCUT2D eigenvalue weighted by atomic mass is 32.2. The Hall–Kier alpha value is -2.51. The summed E-state index contributed by atoms with van der Waals surface area (Å²) in [6.45, 7) is 3.08. The molecular weight excluding hydrogens is 372 g/mol. The Bertz CT molecular complexity index is 1050. The summed E-state index contributed by atoms with van der Waals surface area (Å²) in [4.78, 5) is 5.08. The van der Waals surface area contributed by atoms with Gasteiger partial charge in [-0.15, -0.1) is 0 Å². The zero-order valence-electron chi connectivity index (χ0n) is 15.9. The standard InChI is InChI=1S/C21H24N4O2S/c1-16-5-2-6-17(11-16)12-19-8-3-9-21(24-19)18-7-4-10-25(15-18)28(26,27)20-13-22-23-14-20/h2-3,5-6,8-9,11,13-14,18H,4,7,10,12,15H2,1H3,(H,22,23)/t18-/m1/s1. The van der Waals surface area contributed by atoms with E-state index in [-0.39, 0.29) is 10.8 Å². The van der Waals surface area contributed by atoms with Gasteiger partial charge in [-0.3, -0.25) is 10.1 Å². The molecule has 0 radical (unpaired) electrons. The van der Waals surface area contributed by atoms with E-state index in [0.717, 1.165) is 30.7 Å². The molecule has 4 rings (SSSR count). The van der Waals surface area contributed by atoms with Gasteiger partial charge in [0, 0.05) is 43.0 Å². The third-order valence-corrected chi connectivity index (χ3v) is 7.04. The van der Waals surface area contributed by atoms with E-state index < -0.39 is 10.0 Å². The summed E-state index contributed by atoms with van der Waals surface area (Å²) in [5, 5.41) is 6.36. The molecule has 3 aromatic rings. The van der Waals surface area contributed by atoms with Crippen molar-refractivity contribution in [1.29, 1.82) is 0 Å². The number of hydrogen-bond acceptors (Lipinski definition) is 4. The van der Waals surface area contributed by atoms with E-state index in [1.807, 2.05) is 18.2 Å². The molecule has 1 N–H and O–H groups in total. The van der Waals surface area contributed by atoms with E-state index >= 15 is 0 Å². The van der Waals surface area contributed by atoms with Crippen LogP contribution >= 0.6 is 0 Å². The summed E-state index contributed by atoms with van der Waals surface area (Å²) in [5.74, 6) is 0.105. The molecule has 0 bridgehead atoms. The van der Waals surface area contributed by atoms with Crippen molar-refractivity contribution in [3.05, 3.63) is 77.4 Å². The smallest absolute Gasteiger partial charge is 0.246 e. The number of nitrogens with one attached hydrogen (secondary N) is 1. The monoisotopic (exact) mass is 396 g/mol. The molecule has 1 aromatic carbocycles. The van der Waals surface area contributed by atoms with Crippen LogP contribution in [0.5, 0.6) is 0 Å². The van der Waals surface area contributed by atoms with Gasteiger partial charge in [-0.2, -0.15) is 9.40 Å². The van der Waals surface area contributed by atoms with E-state index in [9.17, 15) is 8.42 Å². The van der Waals surface area contributed by atoms with Crippen molar-refractivity contribution in [3.8, 4) is 0 Å². The molecule has 1 aliphatic heterocycles. The molecule has 0 unspecified atom stereocenters. The van der Waals surface area contributed by atoms with Gasteiger partial charge >= 0.3 is 0 Å². The molecule has 7 heteroatoms. The summed E-state index contributed by atoms with van der Waals surface area (Å²) in [6.07, 6.45) is 5.34. The first-order valence-electron chi connectivity index (χ1n) is 9.53. The zero-order valence-corrected chi connectivity index (χ0v) is 16.7. The number of pyridine rings is 1. The first kappa shape index (κ1) is 18.8. The van der Waals surface area contributed by atoms with Crippen molar-refractivity contribution in [3.63, 3.8) is 0 Å². The van der Waals surface area contributed by atoms with Crippen LogP contribution in [0.15, 0.2) is 59.8 Å². The molecule has 3 heterocycles. The van der Waals surface area contributed by atoms with Crippen LogP contribution in [0.4, 0.5) is 0 Å². The number of piperidine rings is 1. The van der Waals surface area contributed by atoms with Crippen LogP contribution in [-0.4, -0.2) is 41.0 Å². The predicted molar refractivity (Wildman–Crippen MR) is 108 cm³/mol. The van der Waals surface area contributed by atoms with Gasteiger partial charge in [-0.05, 0) is 37.5 Å². The van der Waals surface area contributed by atoms with E-state index in [2.05, 4.69) is 41.4 Å². The number of aryl methyl sites for hydroxylation is 1. The fraction of sp³-hybridized carbons (Fsp3) is 0.333. The van der Waals surface area contributed by atoms with E-state index in [0.29, 0.717) is 13.1 Å². The van der Waals surface area contributed by atoms with Gasteiger partial charge in [0.1, 0.15) is 4.90 Å². The topological polar surface area (TPSA) is 79.0 Å². The Balaban J connectivity index is 1.52. The second-order valence-corrected chi connectivity index (χ2v) is 9.29. The van der Waals surface area contributed by atoms with Crippen LogP contribution in [0.3, 0.4) is 0 Å². The minimum atomic E-state index is -3.51. The molecule has 146 valence electrons. The van der Waals surface area contributed by atoms with Crippen molar-refractivity contribution in [1.82, 2.24) is 19.5 Å². The van der Waals surface area contributed by atoms with Crippen molar-refractivity contribution in [2.75, 3.05) is 13.1 Å². The lowest BCUT2D eigenvalue weighted by Gasteiger charge is -2.31. The third kappa shape index (κ3) is 4.00. The number of sulfonamides is 1. The van der Waals surface area contributed by atoms with Gasteiger partial charge in [-0.1, -0.05) is 35.9 Å². The Labute approximate surface area is 165 Å². The maximum atomic E-state index is 12.8. The zero-order chi connectivity index (χ0) is 19.6. The summed E-state index contributed by atoms with van der Waals surface area (Å²) in [6, 6.07) is 14.5. The lowest BCUT2D eigenvalue weighted by Crippen LogP contribution is -2.39. The first-order chi connectivity index (χ1) is 13.5. The summed E-state index contributed by atoms with van der Waals surface area (Å²) >= 11 is 0. The molecule has 0 spiro atoms.